The Morgan fingerprint density at radius 1 is 1.20 bits per heavy atom. The lowest BCUT2D eigenvalue weighted by molar-refractivity contribution is -0.119. The highest BCUT2D eigenvalue weighted by atomic mass is 16.5. The van der Waals surface area contributed by atoms with E-state index >= 15 is 0 Å². The molecule has 0 aromatic heterocycles. The maximum Gasteiger partial charge on any atom is 0.132 e. The number of ketones is 1. The van der Waals surface area contributed by atoms with Crippen LogP contribution in [0.5, 0.6) is 0 Å². The summed E-state index contributed by atoms with van der Waals surface area (Å²) in [6.45, 7) is 7.11. The van der Waals surface area contributed by atoms with Crippen LogP contribution in [0.15, 0.2) is 12.7 Å². The van der Waals surface area contributed by atoms with Crippen LogP contribution in [0.2, 0.25) is 0 Å². The standard InChI is InChI=1S/C13H24O2/c1-3-5-6-7-8-10-13(14)11-9-12-15-4-2/h3H,1,4-12H2,2H3. The first kappa shape index (κ1) is 14.4. The molecule has 0 aromatic carbocycles. The van der Waals surface area contributed by atoms with Gasteiger partial charge in [0, 0.05) is 26.1 Å². The summed E-state index contributed by atoms with van der Waals surface area (Å²) < 4.78 is 5.18. The van der Waals surface area contributed by atoms with E-state index in [0.29, 0.717) is 12.2 Å². The monoisotopic (exact) mass is 212 g/mol. The largest absolute Gasteiger partial charge is 0.382 e. The molecule has 0 spiro atoms. The van der Waals surface area contributed by atoms with Crippen molar-refractivity contribution in [2.24, 2.45) is 0 Å². The van der Waals surface area contributed by atoms with Gasteiger partial charge in [-0.15, -0.1) is 6.58 Å². The quantitative estimate of drug-likeness (QED) is 0.387. The Bertz CT molecular complexity index is 164. The normalized spacial score (nSPS) is 10.2. The minimum atomic E-state index is 0.383. The van der Waals surface area contributed by atoms with E-state index in [2.05, 4.69) is 6.58 Å². The fourth-order valence-electron chi connectivity index (χ4n) is 1.43. The number of carbonyl (C=O) groups is 1. The fourth-order valence-corrected chi connectivity index (χ4v) is 1.43. The first-order chi connectivity index (χ1) is 7.31. The molecule has 88 valence electrons. The third-order valence-corrected chi connectivity index (χ3v) is 2.31. The number of ether oxygens (including phenoxy) is 1. The van der Waals surface area contributed by atoms with Crippen LogP contribution < -0.4 is 0 Å². The SMILES string of the molecule is C=CCCCCCC(=O)CCCOCC. The number of hydrogen-bond acceptors (Lipinski definition) is 2. The van der Waals surface area contributed by atoms with Crippen molar-refractivity contribution < 1.29 is 9.53 Å². The van der Waals surface area contributed by atoms with Crippen LogP contribution in [0.1, 0.15) is 51.9 Å². The second kappa shape index (κ2) is 11.4. The van der Waals surface area contributed by atoms with E-state index in [-0.39, 0.29) is 0 Å². The molecule has 0 amide bonds. The summed E-state index contributed by atoms with van der Waals surface area (Å²) in [5.74, 6) is 0.383. The maximum absolute atomic E-state index is 11.4. The second-order valence-corrected chi connectivity index (χ2v) is 3.73. The Kier molecular flexibility index (Phi) is 11.0. The van der Waals surface area contributed by atoms with E-state index in [1.165, 1.54) is 0 Å². The summed E-state index contributed by atoms with van der Waals surface area (Å²) in [5, 5.41) is 0. The Labute approximate surface area is 93.7 Å². The number of Topliss-reactive ketones (excluding diaryl/α,β-unsaturated/α-hetero) is 1. The highest BCUT2D eigenvalue weighted by molar-refractivity contribution is 5.78. The molecule has 0 unspecified atom stereocenters. The van der Waals surface area contributed by atoms with Gasteiger partial charge in [-0.3, -0.25) is 4.79 Å². The van der Waals surface area contributed by atoms with Gasteiger partial charge in [0.05, 0.1) is 0 Å². The van der Waals surface area contributed by atoms with Crippen molar-refractivity contribution >= 4 is 5.78 Å². The molecule has 0 N–H and O–H groups in total. The molecule has 0 fully saturated rings. The van der Waals surface area contributed by atoms with Gasteiger partial charge in [-0.1, -0.05) is 12.5 Å². The number of allylic oxidation sites excluding steroid dienone is 1. The van der Waals surface area contributed by atoms with Gasteiger partial charge in [-0.25, -0.2) is 0 Å². The number of rotatable bonds is 11. The molecule has 0 saturated carbocycles. The number of unbranched alkanes of at least 4 members (excludes halogenated alkanes) is 3. The predicted octanol–water partition coefficient (Wildman–Crippen LogP) is 3.51. The van der Waals surface area contributed by atoms with Crippen molar-refractivity contribution in [1.82, 2.24) is 0 Å². The molecule has 0 aromatic rings. The Balaban J connectivity index is 3.15. The predicted molar refractivity (Wildman–Crippen MR) is 64.0 cm³/mol. The van der Waals surface area contributed by atoms with E-state index in [1.807, 2.05) is 13.0 Å². The van der Waals surface area contributed by atoms with Crippen molar-refractivity contribution in [2.75, 3.05) is 13.2 Å². The molecule has 0 atom stereocenters. The summed E-state index contributed by atoms with van der Waals surface area (Å²) in [6, 6.07) is 0. The van der Waals surface area contributed by atoms with Gasteiger partial charge in [-0.05, 0) is 32.6 Å². The van der Waals surface area contributed by atoms with Gasteiger partial charge in [0.2, 0.25) is 0 Å². The molecule has 0 rings (SSSR count). The lowest BCUT2D eigenvalue weighted by Crippen LogP contribution is -2.01. The molecular weight excluding hydrogens is 188 g/mol. The number of hydrogen-bond donors (Lipinski definition) is 0. The van der Waals surface area contributed by atoms with Crippen LogP contribution in [-0.4, -0.2) is 19.0 Å². The van der Waals surface area contributed by atoms with Gasteiger partial charge in [0.25, 0.3) is 0 Å². The number of carbonyl (C=O) groups excluding carboxylic acids is 1. The van der Waals surface area contributed by atoms with Crippen molar-refractivity contribution in [3.8, 4) is 0 Å². The van der Waals surface area contributed by atoms with Crippen LogP contribution in [-0.2, 0) is 9.53 Å². The highest BCUT2D eigenvalue weighted by Crippen LogP contribution is 2.06. The zero-order chi connectivity index (χ0) is 11.4. The lowest BCUT2D eigenvalue weighted by atomic mass is 10.1. The average molecular weight is 212 g/mol. The zero-order valence-electron chi connectivity index (χ0n) is 9.96. The summed E-state index contributed by atoms with van der Waals surface area (Å²) in [6.07, 6.45) is 8.63. The molecule has 0 saturated heterocycles. The van der Waals surface area contributed by atoms with E-state index in [9.17, 15) is 4.79 Å². The molecule has 15 heavy (non-hydrogen) atoms. The van der Waals surface area contributed by atoms with Crippen LogP contribution >= 0.6 is 0 Å². The minimum absolute atomic E-state index is 0.383. The topological polar surface area (TPSA) is 26.3 Å². The van der Waals surface area contributed by atoms with Gasteiger partial charge >= 0.3 is 0 Å². The Morgan fingerprint density at radius 2 is 1.93 bits per heavy atom. The maximum atomic E-state index is 11.4. The van der Waals surface area contributed by atoms with Crippen molar-refractivity contribution in [2.45, 2.75) is 51.9 Å². The Hall–Kier alpha value is -0.630. The molecule has 2 heteroatoms. The van der Waals surface area contributed by atoms with E-state index < -0.39 is 0 Å². The molecule has 0 aliphatic heterocycles. The van der Waals surface area contributed by atoms with Gasteiger partial charge in [-0.2, -0.15) is 0 Å². The lowest BCUT2D eigenvalue weighted by Gasteiger charge is -2.01. The average Bonchev–Trinajstić information content (AvgIpc) is 2.24. The summed E-state index contributed by atoms with van der Waals surface area (Å²) in [4.78, 5) is 11.4. The van der Waals surface area contributed by atoms with E-state index in [1.54, 1.807) is 0 Å². The molecule has 0 aliphatic carbocycles. The molecule has 0 aliphatic rings. The molecule has 0 heterocycles. The van der Waals surface area contributed by atoms with E-state index in [4.69, 9.17) is 4.74 Å². The molecular formula is C13H24O2. The van der Waals surface area contributed by atoms with Gasteiger partial charge < -0.3 is 4.74 Å². The summed E-state index contributed by atoms with van der Waals surface area (Å²) >= 11 is 0. The van der Waals surface area contributed by atoms with Crippen LogP contribution in [0, 0.1) is 0 Å². The second-order valence-electron chi connectivity index (χ2n) is 3.73. The molecule has 2 nitrogen and oxygen atoms in total. The van der Waals surface area contributed by atoms with Crippen molar-refractivity contribution in [1.29, 1.82) is 0 Å². The molecule has 0 radical (unpaired) electrons. The van der Waals surface area contributed by atoms with Crippen molar-refractivity contribution in [3.05, 3.63) is 12.7 Å². The zero-order valence-corrected chi connectivity index (χ0v) is 9.96. The van der Waals surface area contributed by atoms with Gasteiger partial charge in [0.1, 0.15) is 5.78 Å². The van der Waals surface area contributed by atoms with Crippen LogP contribution in [0.4, 0.5) is 0 Å². The van der Waals surface area contributed by atoms with Gasteiger partial charge in [0.15, 0.2) is 0 Å². The third kappa shape index (κ3) is 11.3. The minimum Gasteiger partial charge on any atom is -0.382 e. The van der Waals surface area contributed by atoms with Crippen LogP contribution in [0.25, 0.3) is 0 Å². The smallest absolute Gasteiger partial charge is 0.132 e. The summed E-state index contributed by atoms with van der Waals surface area (Å²) in [7, 11) is 0. The van der Waals surface area contributed by atoms with E-state index in [0.717, 1.165) is 51.7 Å². The van der Waals surface area contributed by atoms with Crippen LogP contribution in [0.3, 0.4) is 0 Å². The third-order valence-electron chi connectivity index (χ3n) is 2.31. The summed E-state index contributed by atoms with van der Waals surface area (Å²) in [5.41, 5.74) is 0. The Morgan fingerprint density at radius 3 is 2.60 bits per heavy atom. The highest BCUT2D eigenvalue weighted by Gasteiger charge is 2.01. The fraction of sp³-hybridized carbons (Fsp3) is 0.769. The first-order valence-corrected chi connectivity index (χ1v) is 6.01. The van der Waals surface area contributed by atoms with Crippen molar-refractivity contribution in [3.63, 3.8) is 0 Å². The first-order valence-electron chi connectivity index (χ1n) is 6.01. The molecule has 0 bridgehead atoms.